The maximum Gasteiger partial charge on any atom is 0.273 e. The van der Waals surface area contributed by atoms with Crippen LogP contribution in [0, 0.1) is 12.7 Å². The Kier molecular flexibility index (Phi) is 5.35. The third kappa shape index (κ3) is 4.09. The Balaban J connectivity index is 1.80. The van der Waals surface area contributed by atoms with Gasteiger partial charge < -0.3 is 14.6 Å². The van der Waals surface area contributed by atoms with Crippen molar-refractivity contribution in [3.05, 3.63) is 53.5 Å². The van der Waals surface area contributed by atoms with Gasteiger partial charge in [0.05, 0.1) is 12.1 Å². The highest BCUT2D eigenvalue weighted by Gasteiger charge is 2.34. The highest BCUT2D eigenvalue weighted by atomic mass is 19.1. The molecule has 0 radical (unpaired) electrons. The molecule has 1 saturated heterocycles. The molecule has 7 heteroatoms. The van der Waals surface area contributed by atoms with Crippen molar-refractivity contribution in [3.63, 3.8) is 0 Å². The Morgan fingerprint density at radius 2 is 2.23 bits per heavy atom. The van der Waals surface area contributed by atoms with Crippen LogP contribution in [0.25, 0.3) is 0 Å². The second-order valence-electron chi connectivity index (χ2n) is 6.59. The molecule has 138 valence electrons. The van der Waals surface area contributed by atoms with Crippen molar-refractivity contribution < 1.29 is 18.4 Å². The zero-order valence-corrected chi connectivity index (χ0v) is 14.9. The number of amides is 2. The fraction of sp³-hybridized carbons (Fsp3) is 0.421. The van der Waals surface area contributed by atoms with Crippen LogP contribution in [-0.4, -0.2) is 40.3 Å². The molecule has 2 amide bonds. The number of likely N-dealkylation sites (tertiary alicyclic amines) is 1. The van der Waals surface area contributed by atoms with Crippen molar-refractivity contribution in [1.29, 1.82) is 0 Å². The minimum Gasteiger partial charge on any atom is -0.448 e. The number of aromatic nitrogens is 1. The Hall–Kier alpha value is -2.70. The number of halogens is 1. The number of benzene rings is 1. The van der Waals surface area contributed by atoms with Gasteiger partial charge >= 0.3 is 0 Å². The molecule has 0 saturated carbocycles. The predicted octanol–water partition coefficient (Wildman–Crippen LogP) is 2.47. The standard InChI is InChI=1S/C19H22FN3O3/c1-12-21-17(11-26-12)19(25)22-16-7-4-8-23(13(2)24)18(16)10-14-5-3-6-15(20)9-14/h3,5-6,9,11,16,18H,4,7-8,10H2,1-2H3,(H,22,25)/t16-,18-/m0/s1. The lowest BCUT2D eigenvalue weighted by atomic mass is 9.90. The summed E-state index contributed by atoms with van der Waals surface area (Å²) in [6, 6.07) is 5.86. The maximum atomic E-state index is 13.5. The summed E-state index contributed by atoms with van der Waals surface area (Å²) >= 11 is 0. The smallest absolute Gasteiger partial charge is 0.273 e. The number of nitrogens with zero attached hydrogens (tertiary/aromatic N) is 2. The second-order valence-corrected chi connectivity index (χ2v) is 6.59. The quantitative estimate of drug-likeness (QED) is 0.910. The third-order valence-corrected chi connectivity index (χ3v) is 4.69. The first kappa shape index (κ1) is 18.1. The number of piperidine rings is 1. The molecule has 26 heavy (non-hydrogen) atoms. The van der Waals surface area contributed by atoms with Gasteiger partial charge in [-0.05, 0) is 37.0 Å². The Bertz CT molecular complexity index is 805. The van der Waals surface area contributed by atoms with Crippen LogP contribution >= 0.6 is 0 Å². The van der Waals surface area contributed by atoms with Crippen molar-refractivity contribution in [2.24, 2.45) is 0 Å². The van der Waals surface area contributed by atoms with E-state index >= 15 is 0 Å². The van der Waals surface area contributed by atoms with Crippen LogP contribution in [0.1, 0.15) is 41.7 Å². The van der Waals surface area contributed by atoms with Gasteiger partial charge in [-0.3, -0.25) is 9.59 Å². The van der Waals surface area contributed by atoms with Gasteiger partial charge in [0.1, 0.15) is 12.1 Å². The van der Waals surface area contributed by atoms with Gasteiger partial charge in [0.15, 0.2) is 11.6 Å². The first-order valence-electron chi connectivity index (χ1n) is 8.68. The molecule has 1 aromatic heterocycles. The lowest BCUT2D eigenvalue weighted by Crippen LogP contribution is -2.57. The number of oxazole rings is 1. The summed E-state index contributed by atoms with van der Waals surface area (Å²) in [5.74, 6) is -0.282. The highest BCUT2D eigenvalue weighted by molar-refractivity contribution is 5.92. The van der Waals surface area contributed by atoms with Crippen molar-refractivity contribution in [1.82, 2.24) is 15.2 Å². The van der Waals surface area contributed by atoms with Crippen LogP contribution in [0.5, 0.6) is 0 Å². The Labute approximate surface area is 151 Å². The van der Waals surface area contributed by atoms with Crippen LogP contribution < -0.4 is 5.32 Å². The fourth-order valence-electron chi connectivity index (χ4n) is 3.48. The van der Waals surface area contributed by atoms with Gasteiger partial charge in [-0.2, -0.15) is 0 Å². The van der Waals surface area contributed by atoms with Crippen molar-refractivity contribution in [2.75, 3.05) is 6.54 Å². The number of aryl methyl sites for hydroxylation is 1. The van der Waals surface area contributed by atoms with Gasteiger partial charge in [0.2, 0.25) is 5.91 Å². The van der Waals surface area contributed by atoms with Gasteiger partial charge in [0.25, 0.3) is 5.91 Å². The molecule has 6 nitrogen and oxygen atoms in total. The minimum atomic E-state index is -0.332. The van der Waals surface area contributed by atoms with Crippen LogP contribution in [-0.2, 0) is 11.2 Å². The SMILES string of the molecule is CC(=O)N1CCC[C@H](NC(=O)c2coc(C)n2)[C@@H]1Cc1cccc(F)c1. The summed E-state index contributed by atoms with van der Waals surface area (Å²) in [5.41, 5.74) is 1.01. The molecule has 2 heterocycles. The van der Waals surface area contributed by atoms with E-state index in [4.69, 9.17) is 4.42 Å². The van der Waals surface area contributed by atoms with E-state index in [-0.39, 0.29) is 35.4 Å². The minimum absolute atomic E-state index is 0.0531. The zero-order valence-electron chi connectivity index (χ0n) is 14.9. The number of rotatable bonds is 4. The molecule has 1 aromatic carbocycles. The van der Waals surface area contributed by atoms with Gasteiger partial charge in [-0.1, -0.05) is 12.1 Å². The molecule has 0 spiro atoms. The summed E-state index contributed by atoms with van der Waals surface area (Å²) in [4.78, 5) is 30.3. The van der Waals surface area contributed by atoms with E-state index in [0.717, 1.165) is 18.4 Å². The topological polar surface area (TPSA) is 75.4 Å². The number of nitrogens with one attached hydrogen (secondary N) is 1. The second kappa shape index (κ2) is 7.68. The van der Waals surface area contributed by atoms with E-state index in [0.29, 0.717) is 18.9 Å². The maximum absolute atomic E-state index is 13.5. The number of hydrogen-bond donors (Lipinski definition) is 1. The summed E-state index contributed by atoms with van der Waals surface area (Å²) in [5, 5.41) is 2.97. The molecular formula is C19H22FN3O3. The van der Waals surface area contributed by atoms with Crippen LogP contribution in [0.2, 0.25) is 0 Å². The van der Waals surface area contributed by atoms with Gasteiger partial charge in [-0.25, -0.2) is 9.37 Å². The van der Waals surface area contributed by atoms with Crippen molar-refractivity contribution >= 4 is 11.8 Å². The largest absolute Gasteiger partial charge is 0.448 e. The molecular weight excluding hydrogens is 337 g/mol. The molecule has 1 aliphatic heterocycles. The van der Waals surface area contributed by atoms with Crippen molar-refractivity contribution in [3.8, 4) is 0 Å². The van der Waals surface area contributed by atoms with Crippen LogP contribution in [0.4, 0.5) is 4.39 Å². The lowest BCUT2D eigenvalue weighted by Gasteiger charge is -2.41. The van der Waals surface area contributed by atoms with E-state index in [1.807, 2.05) is 6.07 Å². The third-order valence-electron chi connectivity index (χ3n) is 4.69. The highest BCUT2D eigenvalue weighted by Crippen LogP contribution is 2.22. The molecule has 1 N–H and O–H groups in total. The molecule has 0 unspecified atom stereocenters. The predicted molar refractivity (Wildman–Crippen MR) is 93.0 cm³/mol. The Morgan fingerprint density at radius 1 is 1.42 bits per heavy atom. The molecule has 2 aromatic rings. The van der Waals surface area contributed by atoms with E-state index in [1.165, 1.54) is 25.3 Å². The lowest BCUT2D eigenvalue weighted by molar-refractivity contribution is -0.133. The molecule has 2 atom stereocenters. The summed E-state index contributed by atoms with van der Waals surface area (Å²) in [7, 11) is 0. The van der Waals surface area contributed by atoms with Gasteiger partial charge in [-0.15, -0.1) is 0 Å². The number of hydrogen-bond acceptors (Lipinski definition) is 4. The monoisotopic (exact) mass is 359 g/mol. The van der Waals surface area contributed by atoms with Crippen LogP contribution in [0.3, 0.4) is 0 Å². The summed E-state index contributed by atoms with van der Waals surface area (Å²) in [6.07, 6.45) is 3.33. The van der Waals surface area contributed by atoms with E-state index in [9.17, 15) is 14.0 Å². The van der Waals surface area contributed by atoms with Crippen molar-refractivity contribution in [2.45, 2.75) is 45.2 Å². The van der Waals surface area contributed by atoms with Crippen LogP contribution in [0.15, 0.2) is 34.9 Å². The average Bonchev–Trinajstić information content (AvgIpc) is 3.03. The van der Waals surface area contributed by atoms with E-state index in [2.05, 4.69) is 10.3 Å². The van der Waals surface area contributed by atoms with E-state index in [1.54, 1.807) is 17.9 Å². The Morgan fingerprint density at radius 3 is 2.88 bits per heavy atom. The first-order chi connectivity index (χ1) is 12.4. The molecule has 0 bridgehead atoms. The normalized spacial score (nSPS) is 20.0. The zero-order chi connectivity index (χ0) is 18.7. The molecule has 1 aliphatic rings. The number of carbonyl (C=O) groups excluding carboxylic acids is 2. The molecule has 1 fully saturated rings. The van der Waals surface area contributed by atoms with E-state index < -0.39 is 0 Å². The first-order valence-corrected chi connectivity index (χ1v) is 8.68. The molecule has 0 aliphatic carbocycles. The summed E-state index contributed by atoms with van der Waals surface area (Å²) in [6.45, 7) is 3.82. The average molecular weight is 359 g/mol. The summed E-state index contributed by atoms with van der Waals surface area (Å²) < 4.78 is 18.6. The fourth-order valence-corrected chi connectivity index (χ4v) is 3.48. The molecule has 3 rings (SSSR count). The number of carbonyl (C=O) groups is 2. The van der Waals surface area contributed by atoms with Gasteiger partial charge in [0, 0.05) is 20.4 Å².